The van der Waals surface area contributed by atoms with Crippen molar-refractivity contribution in [1.29, 1.82) is 0 Å². The Morgan fingerprint density at radius 2 is 1.79 bits per heavy atom. The topological polar surface area (TPSA) is 97.1 Å². The Balaban J connectivity index is 1.64. The van der Waals surface area contributed by atoms with Gasteiger partial charge in [0.25, 0.3) is 17.5 Å². The van der Waals surface area contributed by atoms with Crippen LogP contribution in [0.3, 0.4) is 0 Å². The number of benzene rings is 1. The fraction of sp³-hybridized carbons (Fsp3) is 0.333. The maximum absolute atomic E-state index is 13.6. The molecule has 0 bridgehead atoms. The number of hydrogen-bond acceptors (Lipinski definition) is 5. The Morgan fingerprint density at radius 1 is 1.10 bits per heavy atom. The molecule has 0 aliphatic heterocycles. The zero-order chi connectivity index (χ0) is 21.1. The summed E-state index contributed by atoms with van der Waals surface area (Å²) in [5, 5.41) is 9.91. The van der Waals surface area contributed by atoms with E-state index in [9.17, 15) is 14.0 Å². The van der Waals surface area contributed by atoms with Gasteiger partial charge in [-0.1, -0.05) is 25.1 Å². The molecule has 1 aromatic carbocycles. The summed E-state index contributed by atoms with van der Waals surface area (Å²) >= 11 is 0. The predicted octanol–water partition coefficient (Wildman–Crippen LogP) is 3.26. The zero-order valence-corrected chi connectivity index (χ0v) is 16.8. The number of aryl methyl sites for hydroxylation is 2. The van der Waals surface area contributed by atoms with Crippen molar-refractivity contribution < 1.29 is 18.5 Å². The lowest BCUT2D eigenvalue weighted by Gasteiger charge is -2.10. The van der Waals surface area contributed by atoms with Gasteiger partial charge in [0.15, 0.2) is 0 Å². The van der Waals surface area contributed by atoms with Crippen LogP contribution in [0.5, 0.6) is 0 Å². The largest absolute Gasteiger partial charge is 0.350 e. The summed E-state index contributed by atoms with van der Waals surface area (Å²) in [5.74, 6) is -1.02. The molecule has 0 spiro atoms. The molecule has 0 aliphatic carbocycles. The number of amides is 2. The molecule has 0 saturated carbocycles. The van der Waals surface area contributed by atoms with Crippen molar-refractivity contribution in [3.8, 4) is 0 Å². The third-order valence-electron chi connectivity index (χ3n) is 4.60. The predicted molar refractivity (Wildman–Crippen MR) is 106 cm³/mol. The van der Waals surface area contributed by atoms with E-state index in [-0.39, 0.29) is 30.5 Å². The highest BCUT2D eigenvalue weighted by atomic mass is 19.1. The number of hydrogen-bond donors (Lipinski definition) is 2. The van der Waals surface area contributed by atoms with Crippen LogP contribution in [0.25, 0.3) is 11.1 Å². The number of nitrogens with zero attached hydrogens (tertiary/aromatic N) is 2. The van der Waals surface area contributed by atoms with Gasteiger partial charge in [-0.3, -0.25) is 9.59 Å². The Morgan fingerprint density at radius 3 is 2.45 bits per heavy atom. The molecular weight excluding hydrogens is 375 g/mol. The molecule has 152 valence electrons. The van der Waals surface area contributed by atoms with Crippen LogP contribution in [0.2, 0.25) is 0 Å². The highest BCUT2D eigenvalue weighted by Gasteiger charge is 2.19. The van der Waals surface area contributed by atoms with Crippen molar-refractivity contribution in [3.05, 3.63) is 58.2 Å². The highest BCUT2D eigenvalue weighted by Crippen LogP contribution is 2.24. The number of pyridine rings is 1. The fourth-order valence-electron chi connectivity index (χ4n) is 2.87. The number of halogens is 1. The summed E-state index contributed by atoms with van der Waals surface area (Å²) in [6.45, 7) is 7.74. The van der Waals surface area contributed by atoms with E-state index in [1.54, 1.807) is 32.0 Å². The lowest BCUT2D eigenvalue weighted by Crippen LogP contribution is -2.34. The van der Waals surface area contributed by atoms with Crippen LogP contribution >= 0.6 is 0 Å². The molecule has 3 aromatic rings. The zero-order valence-electron chi connectivity index (χ0n) is 16.8. The summed E-state index contributed by atoms with van der Waals surface area (Å²) < 4.78 is 18.8. The van der Waals surface area contributed by atoms with Crippen LogP contribution in [0.1, 0.15) is 57.4 Å². The van der Waals surface area contributed by atoms with Gasteiger partial charge in [-0.05, 0) is 43.5 Å². The van der Waals surface area contributed by atoms with Crippen molar-refractivity contribution in [1.82, 2.24) is 20.8 Å². The van der Waals surface area contributed by atoms with E-state index in [2.05, 4.69) is 20.8 Å². The molecule has 0 saturated heterocycles. The first kappa shape index (κ1) is 20.4. The molecule has 2 N–H and O–H groups in total. The van der Waals surface area contributed by atoms with E-state index in [4.69, 9.17) is 4.52 Å². The number of aromatic nitrogens is 2. The van der Waals surface area contributed by atoms with Gasteiger partial charge in [0, 0.05) is 24.3 Å². The normalized spacial score (nSPS) is 11.1. The van der Waals surface area contributed by atoms with E-state index in [1.165, 1.54) is 6.07 Å². The molecule has 0 unspecified atom stereocenters. The smallest absolute Gasteiger partial charge is 0.259 e. The second-order valence-corrected chi connectivity index (χ2v) is 7.17. The van der Waals surface area contributed by atoms with E-state index < -0.39 is 11.7 Å². The summed E-state index contributed by atoms with van der Waals surface area (Å²) in [6.07, 6.45) is 0. The third-order valence-corrected chi connectivity index (χ3v) is 4.60. The maximum Gasteiger partial charge on any atom is 0.259 e. The maximum atomic E-state index is 13.6. The monoisotopic (exact) mass is 398 g/mol. The minimum Gasteiger partial charge on any atom is -0.350 e. The first-order valence-corrected chi connectivity index (χ1v) is 9.37. The summed E-state index contributed by atoms with van der Waals surface area (Å²) in [5.41, 5.74) is 2.79. The summed E-state index contributed by atoms with van der Waals surface area (Å²) in [4.78, 5) is 29.2. The van der Waals surface area contributed by atoms with Gasteiger partial charge < -0.3 is 15.2 Å². The Bertz CT molecular complexity index is 1080. The van der Waals surface area contributed by atoms with Gasteiger partial charge in [0.2, 0.25) is 0 Å². The minimum absolute atomic E-state index is 0.116. The molecule has 0 atom stereocenters. The molecule has 2 aromatic heterocycles. The van der Waals surface area contributed by atoms with E-state index in [0.29, 0.717) is 27.9 Å². The Kier molecular flexibility index (Phi) is 5.91. The SMILES string of the molecule is Cc1ccc(C(=O)NCCNC(=O)c2cc(C(C)C)nc3onc(C)c23)cc1F. The van der Waals surface area contributed by atoms with E-state index in [1.807, 2.05) is 13.8 Å². The van der Waals surface area contributed by atoms with Crippen molar-refractivity contribution in [2.75, 3.05) is 13.1 Å². The Hall–Kier alpha value is -3.29. The number of carbonyl (C=O) groups is 2. The lowest BCUT2D eigenvalue weighted by molar-refractivity contribution is 0.0928. The molecule has 3 rings (SSSR count). The number of carbonyl (C=O) groups excluding carboxylic acids is 2. The average molecular weight is 398 g/mol. The van der Waals surface area contributed by atoms with Crippen LogP contribution < -0.4 is 10.6 Å². The number of nitrogens with one attached hydrogen (secondary N) is 2. The van der Waals surface area contributed by atoms with Gasteiger partial charge in [-0.25, -0.2) is 9.37 Å². The molecule has 0 fully saturated rings. The number of rotatable bonds is 6. The van der Waals surface area contributed by atoms with Crippen molar-refractivity contribution >= 4 is 22.9 Å². The van der Waals surface area contributed by atoms with E-state index >= 15 is 0 Å². The van der Waals surface area contributed by atoms with Gasteiger partial charge in [0.05, 0.1) is 16.6 Å². The van der Waals surface area contributed by atoms with Crippen LogP contribution in [0.4, 0.5) is 4.39 Å². The van der Waals surface area contributed by atoms with Crippen LogP contribution in [0, 0.1) is 19.7 Å². The molecule has 2 heterocycles. The van der Waals surface area contributed by atoms with Crippen LogP contribution in [0.15, 0.2) is 28.8 Å². The molecule has 0 aliphatic rings. The first-order valence-electron chi connectivity index (χ1n) is 9.37. The average Bonchev–Trinajstić information content (AvgIpc) is 3.07. The third kappa shape index (κ3) is 4.42. The standard InChI is InChI=1S/C21H23FN4O3/c1-11(2)17-10-15(18-13(4)26-29-21(18)25-17)20(28)24-8-7-23-19(27)14-6-5-12(3)16(22)9-14/h5-6,9-11H,7-8H2,1-4H3,(H,23,27)(H,24,28). The Labute approximate surface area is 167 Å². The van der Waals surface area contributed by atoms with Crippen molar-refractivity contribution in [3.63, 3.8) is 0 Å². The van der Waals surface area contributed by atoms with Crippen molar-refractivity contribution in [2.24, 2.45) is 0 Å². The number of fused-ring (bicyclic) bond motifs is 1. The molecule has 8 heteroatoms. The lowest BCUT2D eigenvalue weighted by atomic mass is 10.0. The second-order valence-electron chi connectivity index (χ2n) is 7.17. The molecule has 7 nitrogen and oxygen atoms in total. The quantitative estimate of drug-likeness (QED) is 0.621. The summed E-state index contributed by atoms with van der Waals surface area (Å²) in [6, 6.07) is 6.04. The molecular formula is C21H23FN4O3. The van der Waals surface area contributed by atoms with Gasteiger partial charge in [0.1, 0.15) is 5.82 Å². The van der Waals surface area contributed by atoms with Crippen molar-refractivity contribution in [2.45, 2.75) is 33.6 Å². The van der Waals surface area contributed by atoms with Gasteiger partial charge in [-0.15, -0.1) is 0 Å². The molecule has 29 heavy (non-hydrogen) atoms. The van der Waals surface area contributed by atoms with Crippen LogP contribution in [-0.4, -0.2) is 35.0 Å². The van der Waals surface area contributed by atoms with Gasteiger partial charge >= 0.3 is 0 Å². The highest BCUT2D eigenvalue weighted by molar-refractivity contribution is 6.06. The fourth-order valence-corrected chi connectivity index (χ4v) is 2.87. The van der Waals surface area contributed by atoms with Gasteiger partial charge in [-0.2, -0.15) is 0 Å². The summed E-state index contributed by atoms with van der Waals surface area (Å²) in [7, 11) is 0. The van der Waals surface area contributed by atoms with Crippen LogP contribution in [-0.2, 0) is 0 Å². The second kappa shape index (κ2) is 8.38. The molecule has 2 amide bonds. The molecule has 0 radical (unpaired) electrons. The first-order chi connectivity index (χ1) is 13.8. The van der Waals surface area contributed by atoms with E-state index in [0.717, 1.165) is 5.69 Å². The minimum atomic E-state index is -0.433.